The van der Waals surface area contributed by atoms with Gasteiger partial charge in [-0.25, -0.2) is 0 Å². The topological polar surface area (TPSA) is 49.3 Å². The second-order valence-corrected chi connectivity index (χ2v) is 4.88. The summed E-state index contributed by atoms with van der Waals surface area (Å²) in [6.07, 6.45) is -4.59. The number of carbonyl (C=O) groups is 1. The van der Waals surface area contributed by atoms with E-state index in [1.165, 1.54) is 25.1 Å². The first kappa shape index (κ1) is 15.9. The van der Waals surface area contributed by atoms with Crippen molar-refractivity contribution in [1.29, 1.82) is 0 Å². The number of anilines is 1. The Balaban J connectivity index is 2.14. The van der Waals surface area contributed by atoms with Crippen LogP contribution < -0.4 is 5.32 Å². The highest BCUT2D eigenvalue weighted by atomic mass is 19.4. The van der Waals surface area contributed by atoms with Gasteiger partial charge in [0.1, 0.15) is 5.75 Å². The van der Waals surface area contributed by atoms with Crippen LogP contribution in [0, 0.1) is 6.92 Å². The summed E-state index contributed by atoms with van der Waals surface area (Å²) < 4.78 is 38.5. The minimum Gasteiger partial charge on any atom is -0.508 e. The SMILES string of the molecule is Cc1ccc(NC(=O)Cc2ccccc2O)cc1C(F)(F)F. The van der Waals surface area contributed by atoms with E-state index in [9.17, 15) is 23.1 Å². The predicted octanol–water partition coefficient (Wildman–Crippen LogP) is 3.90. The van der Waals surface area contributed by atoms with Crippen molar-refractivity contribution in [3.05, 3.63) is 59.2 Å². The molecule has 6 heteroatoms. The number of hydrogen-bond acceptors (Lipinski definition) is 2. The molecular weight excluding hydrogens is 295 g/mol. The molecule has 0 aromatic heterocycles. The number of alkyl halides is 3. The van der Waals surface area contributed by atoms with Crippen LogP contribution in [0.3, 0.4) is 0 Å². The maximum atomic E-state index is 12.8. The van der Waals surface area contributed by atoms with Gasteiger partial charge in [0.2, 0.25) is 5.91 Å². The normalized spacial score (nSPS) is 11.3. The molecule has 0 unspecified atom stereocenters. The van der Waals surface area contributed by atoms with Gasteiger partial charge in [0.25, 0.3) is 0 Å². The van der Waals surface area contributed by atoms with Crippen LogP contribution in [0.4, 0.5) is 18.9 Å². The fourth-order valence-electron chi connectivity index (χ4n) is 2.04. The van der Waals surface area contributed by atoms with Gasteiger partial charge in [0, 0.05) is 11.3 Å². The highest BCUT2D eigenvalue weighted by molar-refractivity contribution is 5.92. The first-order valence-corrected chi connectivity index (χ1v) is 6.52. The minimum atomic E-state index is -4.47. The third-order valence-electron chi connectivity index (χ3n) is 3.17. The number of carbonyl (C=O) groups excluding carboxylic acids is 1. The fourth-order valence-corrected chi connectivity index (χ4v) is 2.04. The number of aryl methyl sites for hydroxylation is 1. The number of amides is 1. The van der Waals surface area contributed by atoms with Crippen LogP contribution in [0.2, 0.25) is 0 Å². The molecule has 0 radical (unpaired) electrons. The van der Waals surface area contributed by atoms with E-state index in [4.69, 9.17) is 0 Å². The Morgan fingerprint density at radius 1 is 1.18 bits per heavy atom. The number of phenolic OH excluding ortho intramolecular Hbond substituents is 1. The van der Waals surface area contributed by atoms with E-state index in [0.717, 1.165) is 6.07 Å². The van der Waals surface area contributed by atoms with Crippen LogP contribution in [0.15, 0.2) is 42.5 Å². The molecule has 2 aromatic carbocycles. The first-order valence-electron chi connectivity index (χ1n) is 6.52. The van der Waals surface area contributed by atoms with Gasteiger partial charge < -0.3 is 10.4 Å². The molecule has 0 saturated heterocycles. The second-order valence-electron chi connectivity index (χ2n) is 4.88. The van der Waals surface area contributed by atoms with E-state index in [2.05, 4.69) is 5.32 Å². The molecule has 0 saturated carbocycles. The van der Waals surface area contributed by atoms with E-state index in [0.29, 0.717) is 5.56 Å². The van der Waals surface area contributed by atoms with Crippen LogP contribution in [-0.2, 0) is 17.4 Å². The fraction of sp³-hybridized carbons (Fsp3) is 0.188. The molecule has 1 amide bonds. The monoisotopic (exact) mass is 309 g/mol. The summed E-state index contributed by atoms with van der Waals surface area (Å²) in [6.45, 7) is 1.36. The molecule has 0 aliphatic rings. The lowest BCUT2D eigenvalue weighted by molar-refractivity contribution is -0.138. The highest BCUT2D eigenvalue weighted by Crippen LogP contribution is 2.33. The summed E-state index contributed by atoms with van der Waals surface area (Å²) in [7, 11) is 0. The van der Waals surface area contributed by atoms with Crippen molar-refractivity contribution < 1.29 is 23.1 Å². The Hall–Kier alpha value is -2.50. The first-order chi connectivity index (χ1) is 10.3. The Morgan fingerprint density at radius 3 is 2.50 bits per heavy atom. The summed E-state index contributed by atoms with van der Waals surface area (Å²) in [5, 5.41) is 12.0. The van der Waals surface area contributed by atoms with E-state index in [1.54, 1.807) is 18.2 Å². The molecule has 2 aromatic rings. The van der Waals surface area contributed by atoms with Crippen LogP contribution in [0.5, 0.6) is 5.75 Å². The van der Waals surface area contributed by atoms with Gasteiger partial charge in [0.05, 0.1) is 12.0 Å². The van der Waals surface area contributed by atoms with Gasteiger partial charge in [-0.3, -0.25) is 4.79 Å². The molecule has 0 fully saturated rings. The van der Waals surface area contributed by atoms with Crippen molar-refractivity contribution >= 4 is 11.6 Å². The summed E-state index contributed by atoms with van der Waals surface area (Å²) in [6, 6.07) is 9.91. The van der Waals surface area contributed by atoms with Crippen LogP contribution in [0.1, 0.15) is 16.7 Å². The number of hydrogen-bond donors (Lipinski definition) is 2. The van der Waals surface area contributed by atoms with E-state index in [-0.39, 0.29) is 23.4 Å². The average molecular weight is 309 g/mol. The van der Waals surface area contributed by atoms with Crippen molar-refractivity contribution in [3.8, 4) is 5.75 Å². The molecule has 0 aliphatic carbocycles. The maximum Gasteiger partial charge on any atom is 0.416 e. The Labute approximate surface area is 125 Å². The zero-order valence-corrected chi connectivity index (χ0v) is 11.7. The molecule has 0 bridgehead atoms. The smallest absolute Gasteiger partial charge is 0.416 e. The summed E-state index contributed by atoms with van der Waals surface area (Å²) in [5.41, 5.74) is -0.222. The molecule has 0 atom stereocenters. The minimum absolute atomic E-state index is 0.0301. The van der Waals surface area contributed by atoms with Gasteiger partial charge in [-0.15, -0.1) is 0 Å². The highest BCUT2D eigenvalue weighted by Gasteiger charge is 2.32. The van der Waals surface area contributed by atoms with Crippen LogP contribution in [0.25, 0.3) is 0 Å². The van der Waals surface area contributed by atoms with Gasteiger partial charge in [0.15, 0.2) is 0 Å². The Morgan fingerprint density at radius 2 is 1.86 bits per heavy atom. The Kier molecular flexibility index (Phi) is 4.40. The van der Waals surface area contributed by atoms with Gasteiger partial charge in [-0.2, -0.15) is 13.2 Å². The number of nitrogens with one attached hydrogen (secondary N) is 1. The quantitative estimate of drug-likeness (QED) is 0.903. The zero-order chi connectivity index (χ0) is 16.3. The molecule has 0 aliphatic heterocycles. The van der Waals surface area contributed by atoms with Crippen molar-refractivity contribution in [2.45, 2.75) is 19.5 Å². The van der Waals surface area contributed by atoms with Gasteiger partial charge in [-0.1, -0.05) is 24.3 Å². The summed E-state index contributed by atoms with van der Waals surface area (Å²) >= 11 is 0. The number of para-hydroxylation sites is 1. The van der Waals surface area contributed by atoms with Crippen molar-refractivity contribution in [2.24, 2.45) is 0 Å². The Bertz CT molecular complexity index is 696. The number of aromatic hydroxyl groups is 1. The van der Waals surface area contributed by atoms with Crippen molar-refractivity contribution in [3.63, 3.8) is 0 Å². The third kappa shape index (κ3) is 3.78. The van der Waals surface area contributed by atoms with Crippen molar-refractivity contribution in [2.75, 3.05) is 5.32 Å². The van der Waals surface area contributed by atoms with E-state index in [1.807, 2.05) is 0 Å². The largest absolute Gasteiger partial charge is 0.508 e. The van der Waals surface area contributed by atoms with Crippen LogP contribution >= 0.6 is 0 Å². The molecular formula is C16H14F3NO2. The van der Waals surface area contributed by atoms with Gasteiger partial charge >= 0.3 is 6.18 Å². The van der Waals surface area contributed by atoms with Crippen LogP contribution in [-0.4, -0.2) is 11.0 Å². The molecule has 2 N–H and O–H groups in total. The van der Waals surface area contributed by atoms with Crippen molar-refractivity contribution in [1.82, 2.24) is 0 Å². The lowest BCUT2D eigenvalue weighted by atomic mass is 10.1. The number of rotatable bonds is 3. The summed E-state index contributed by atoms with van der Waals surface area (Å²) in [4.78, 5) is 11.9. The van der Waals surface area contributed by atoms with Gasteiger partial charge in [-0.05, 0) is 30.7 Å². The molecule has 116 valence electrons. The number of phenols is 1. The van der Waals surface area contributed by atoms with E-state index < -0.39 is 17.6 Å². The number of benzene rings is 2. The molecule has 2 rings (SSSR count). The predicted molar refractivity (Wildman–Crippen MR) is 76.6 cm³/mol. The number of halogens is 3. The molecule has 0 spiro atoms. The summed E-state index contributed by atoms with van der Waals surface area (Å²) in [5.74, 6) is -0.531. The van der Waals surface area contributed by atoms with E-state index >= 15 is 0 Å². The lowest BCUT2D eigenvalue weighted by Gasteiger charge is -2.13. The average Bonchev–Trinajstić information content (AvgIpc) is 2.42. The molecule has 0 heterocycles. The maximum absolute atomic E-state index is 12.8. The second kappa shape index (κ2) is 6.09. The standard InChI is InChI=1S/C16H14F3NO2/c1-10-6-7-12(9-13(10)16(17,18)19)20-15(22)8-11-4-2-3-5-14(11)21/h2-7,9,21H,8H2,1H3,(H,20,22). The third-order valence-corrected chi connectivity index (χ3v) is 3.17. The zero-order valence-electron chi connectivity index (χ0n) is 11.7. The lowest BCUT2D eigenvalue weighted by Crippen LogP contribution is -2.16. The molecule has 3 nitrogen and oxygen atoms in total. The molecule has 22 heavy (non-hydrogen) atoms.